The van der Waals surface area contributed by atoms with Crippen molar-refractivity contribution in [2.75, 3.05) is 0 Å². The lowest BCUT2D eigenvalue weighted by atomic mass is 10.2. The second kappa shape index (κ2) is 2.80. The van der Waals surface area contributed by atoms with Gasteiger partial charge in [-0.15, -0.1) is 11.3 Å². The van der Waals surface area contributed by atoms with E-state index in [1.54, 1.807) is 23.7 Å². The normalized spacial score (nSPS) is 11.8. The highest BCUT2D eigenvalue weighted by Crippen LogP contribution is 2.36. The van der Waals surface area contributed by atoms with Crippen LogP contribution in [-0.2, 0) is 0 Å². The van der Waals surface area contributed by atoms with E-state index in [0.717, 1.165) is 16.0 Å². The number of nitrogens with zero attached hydrogens (tertiary/aromatic N) is 2. The first kappa shape index (κ1) is 8.24. The SMILES string of the molecule is c1ccc2c(c1)sc1[nH]c3nccnc3c12. The number of thiophene rings is 1. The molecular weight excluding hydrogens is 218 g/mol. The van der Waals surface area contributed by atoms with Crippen LogP contribution in [0.3, 0.4) is 0 Å². The molecule has 0 unspecified atom stereocenters. The molecule has 0 aliphatic heterocycles. The molecule has 0 amide bonds. The van der Waals surface area contributed by atoms with E-state index in [9.17, 15) is 0 Å². The third kappa shape index (κ3) is 0.919. The Hall–Kier alpha value is -1.94. The lowest BCUT2D eigenvalue weighted by Crippen LogP contribution is -1.77. The number of hydrogen-bond donors (Lipinski definition) is 1. The van der Waals surface area contributed by atoms with Gasteiger partial charge in [0.25, 0.3) is 0 Å². The first-order valence-corrected chi connectivity index (χ1v) is 5.85. The molecule has 0 spiro atoms. The van der Waals surface area contributed by atoms with Gasteiger partial charge >= 0.3 is 0 Å². The zero-order valence-corrected chi connectivity index (χ0v) is 9.08. The minimum Gasteiger partial charge on any atom is -0.330 e. The predicted molar refractivity (Wildman–Crippen MR) is 66.8 cm³/mol. The van der Waals surface area contributed by atoms with Gasteiger partial charge in [-0.1, -0.05) is 18.2 Å². The summed E-state index contributed by atoms with van der Waals surface area (Å²) in [6, 6.07) is 8.39. The van der Waals surface area contributed by atoms with E-state index >= 15 is 0 Å². The second-order valence-corrected chi connectivity index (χ2v) is 4.73. The molecule has 0 aliphatic rings. The summed E-state index contributed by atoms with van der Waals surface area (Å²) < 4.78 is 1.29. The molecule has 0 saturated carbocycles. The Morgan fingerprint density at radius 1 is 1.06 bits per heavy atom. The molecule has 3 nitrogen and oxygen atoms in total. The summed E-state index contributed by atoms with van der Waals surface area (Å²) in [5.41, 5.74) is 1.84. The van der Waals surface area contributed by atoms with Crippen LogP contribution in [0.2, 0.25) is 0 Å². The molecule has 0 bridgehead atoms. The lowest BCUT2D eigenvalue weighted by molar-refractivity contribution is 1.27. The number of rotatable bonds is 0. The van der Waals surface area contributed by atoms with E-state index in [-0.39, 0.29) is 0 Å². The molecule has 76 valence electrons. The number of H-pyrrole nitrogens is 1. The van der Waals surface area contributed by atoms with E-state index < -0.39 is 0 Å². The lowest BCUT2D eigenvalue weighted by Gasteiger charge is -1.89. The number of aromatic nitrogens is 3. The Morgan fingerprint density at radius 3 is 2.94 bits per heavy atom. The Morgan fingerprint density at radius 2 is 1.94 bits per heavy atom. The van der Waals surface area contributed by atoms with Crippen LogP contribution in [0, 0.1) is 0 Å². The van der Waals surface area contributed by atoms with Crippen molar-refractivity contribution in [2.24, 2.45) is 0 Å². The van der Waals surface area contributed by atoms with Crippen molar-refractivity contribution in [3.8, 4) is 0 Å². The molecule has 16 heavy (non-hydrogen) atoms. The molecule has 0 atom stereocenters. The summed E-state index contributed by atoms with van der Waals surface area (Å²) in [5, 5.41) is 2.46. The average Bonchev–Trinajstić information content (AvgIpc) is 2.83. The van der Waals surface area contributed by atoms with Gasteiger partial charge in [-0.25, -0.2) is 4.98 Å². The first-order chi connectivity index (χ1) is 7.93. The second-order valence-electron chi connectivity index (χ2n) is 3.68. The fourth-order valence-electron chi connectivity index (χ4n) is 2.09. The fourth-order valence-corrected chi connectivity index (χ4v) is 3.19. The van der Waals surface area contributed by atoms with Gasteiger partial charge in [0, 0.05) is 27.9 Å². The summed E-state index contributed by atoms with van der Waals surface area (Å²) in [7, 11) is 0. The third-order valence-electron chi connectivity index (χ3n) is 2.76. The summed E-state index contributed by atoms with van der Waals surface area (Å²) in [6.45, 7) is 0. The van der Waals surface area contributed by atoms with Crippen LogP contribution in [0.4, 0.5) is 0 Å². The molecule has 1 aromatic carbocycles. The molecule has 4 aromatic rings. The Labute approximate surface area is 94.8 Å². The van der Waals surface area contributed by atoms with Crippen molar-refractivity contribution in [3.63, 3.8) is 0 Å². The van der Waals surface area contributed by atoms with Crippen molar-refractivity contribution in [1.82, 2.24) is 15.0 Å². The third-order valence-corrected chi connectivity index (χ3v) is 3.85. The topological polar surface area (TPSA) is 41.6 Å². The van der Waals surface area contributed by atoms with Crippen LogP contribution >= 0.6 is 11.3 Å². The Bertz CT molecular complexity index is 747. The molecule has 0 saturated heterocycles. The van der Waals surface area contributed by atoms with Gasteiger partial charge < -0.3 is 4.98 Å². The van der Waals surface area contributed by atoms with Crippen molar-refractivity contribution in [3.05, 3.63) is 36.7 Å². The average molecular weight is 225 g/mol. The zero-order valence-electron chi connectivity index (χ0n) is 8.27. The van der Waals surface area contributed by atoms with Crippen molar-refractivity contribution in [1.29, 1.82) is 0 Å². The number of aromatic amines is 1. The van der Waals surface area contributed by atoms with Crippen LogP contribution in [0.25, 0.3) is 31.5 Å². The van der Waals surface area contributed by atoms with Crippen LogP contribution in [0.1, 0.15) is 0 Å². The van der Waals surface area contributed by atoms with E-state index in [2.05, 4.69) is 39.2 Å². The molecule has 0 radical (unpaired) electrons. The van der Waals surface area contributed by atoms with Gasteiger partial charge in [0.05, 0.1) is 0 Å². The Balaban J connectivity index is 2.38. The van der Waals surface area contributed by atoms with Gasteiger partial charge in [0.15, 0.2) is 5.65 Å². The highest BCUT2D eigenvalue weighted by Gasteiger charge is 2.11. The molecule has 0 fully saturated rings. The number of hydrogen-bond acceptors (Lipinski definition) is 3. The minimum absolute atomic E-state index is 0.870. The van der Waals surface area contributed by atoms with Crippen molar-refractivity contribution >= 4 is 42.8 Å². The number of nitrogens with one attached hydrogen (secondary N) is 1. The molecule has 3 heterocycles. The quantitative estimate of drug-likeness (QED) is 0.498. The monoisotopic (exact) mass is 225 g/mol. The highest BCUT2D eigenvalue weighted by molar-refractivity contribution is 7.25. The zero-order chi connectivity index (χ0) is 10.5. The highest BCUT2D eigenvalue weighted by atomic mass is 32.1. The molecule has 0 aliphatic carbocycles. The summed E-state index contributed by atoms with van der Waals surface area (Å²) in [4.78, 5) is 13.2. The maximum Gasteiger partial charge on any atom is 0.157 e. The fraction of sp³-hybridized carbons (Fsp3) is 0. The summed E-state index contributed by atoms with van der Waals surface area (Å²) >= 11 is 1.75. The van der Waals surface area contributed by atoms with Gasteiger partial charge in [-0.05, 0) is 6.07 Å². The van der Waals surface area contributed by atoms with E-state index in [1.165, 1.54) is 15.5 Å². The molecule has 4 rings (SSSR count). The largest absolute Gasteiger partial charge is 0.330 e. The first-order valence-electron chi connectivity index (χ1n) is 5.03. The standard InChI is InChI=1S/C12H7N3S/c1-2-4-8-7(3-1)9-10-11(14-6-5-13-10)15-12(9)16-8/h1-6H,(H,14,15). The maximum atomic E-state index is 4.40. The molecule has 1 N–H and O–H groups in total. The minimum atomic E-state index is 0.870. The molecule has 4 heteroatoms. The van der Waals surface area contributed by atoms with Gasteiger partial charge in [-0.2, -0.15) is 0 Å². The summed E-state index contributed by atoms with van der Waals surface area (Å²) in [6.07, 6.45) is 3.45. The number of benzene rings is 1. The number of fused-ring (bicyclic) bond motifs is 5. The van der Waals surface area contributed by atoms with Gasteiger partial charge in [0.1, 0.15) is 10.3 Å². The molecule has 3 aromatic heterocycles. The summed E-state index contributed by atoms with van der Waals surface area (Å²) in [5.74, 6) is 0. The molecular formula is C12H7N3S. The van der Waals surface area contributed by atoms with Gasteiger partial charge in [-0.3, -0.25) is 4.98 Å². The maximum absolute atomic E-state index is 4.40. The van der Waals surface area contributed by atoms with Crippen LogP contribution in [0.15, 0.2) is 36.7 Å². The van der Waals surface area contributed by atoms with Crippen LogP contribution < -0.4 is 0 Å². The van der Waals surface area contributed by atoms with Crippen molar-refractivity contribution in [2.45, 2.75) is 0 Å². The smallest absolute Gasteiger partial charge is 0.157 e. The van der Waals surface area contributed by atoms with E-state index in [1.807, 2.05) is 0 Å². The predicted octanol–water partition coefficient (Wildman–Crippen LogP) is 3.33. The van der Waals surface area contributed by atoms with Crippen LogP contribution in [0.5, 0.6) is 0 Å². The van der Waals surface area contributed by atoms with Crippen molar-refractivity contribution < 1.29 is 0 Å². The van der Waals surface area contributed by atoms with Crippen LogP contribution in [-0.4, -0.2) is 15.0 Å². The van der Waals surface area contributed by atoms with E-state index in [4.69, 9.17) is 0 Å². The van der Waals surface area contributed by atoms with E-state index in [0.29, 0.717) is 0 Å². The van der Waals surface area contributed by atoms with Gasteiger partial charge in [0.2, 0.25) is 0 Å². The Kier molecular flexibility index (Phi) is 1.44.